The van der Waals surface area contributed by atoms with Crippen LogP contribution in [0, 0.1) is 6.92 Å². The Bertz CT molecular complexity index is 551. The molecule has 0 spiro atoms. The number of hydrogen-bond donors (Lipinski definition) is 1. The first-order chi connectivity index (χ1) is 9.74. The van der Waals surface area contributed by atoms with Crippen molar-refractivity contribution in [2.45, 2.75) is 39.8 Å². The Morgan fingerprint density at radius 3 is 2.38 bits per heavy atom. The van der Waals surface area contributed by atoms with Gasteiger partial charge in [-0.2, -0.15) is 0 Å². The van der Waals surface area contributed by atoms with Crippen molar-refractivity contribution in [2.75, 3.05) is 26.2 Å². The number of aromatic amines is 1. The highest BCUT2D eigenvalue weighted by atomic mass is 32.1. The normalized spacial score (nSPS) is 17.0. The number of ether oxygens (including phenoxy) is 1. The van der Waals surface area contributed by atoms with Crippen molar-refractivity contribution in [3.05, 3.63) is 20.2 Å². The number of aryl methyl sites for hydroxylation is 1. The molecular weight excluding hydrogens is 290 g/mol. The SMILES string of the molecule is Cc1[nH]c(=O)sc1CN1CCN(C(=O)OC(C)(C)C)CC1. The van der Waals surface area contributed by atoms with Crippen molar-refractivity contribution in [2.24, 2.45) is 0 Å². The van der Waals surface area contributed by atoms with Crippen molar-refractivity contribution >= 4 is 17.4 Å². The predicted molar refractivity (Wildman–Crippen MR) is 82.8 cm³/mol. The highest BCUT2D eigenvalue weighted by molar-refractivity contribution is 7.09. The van der Waals surface area contributed by atoms with Crippen LogP contribution in [0.3, 0.4) is 0 Å². The molecule has 118 valence electrons. The van der Waals surface area contributed by atoms with E-state index in [0.29, 0.717) is 13.1 Å². The lowest BCUT2D eigenvalue weighted by Gasteiger charge is -2.35. The van der Waals surface area contributed by atoms with Crippen molar-refractivity contribution in [3.63, 3.8) is 0 Å². The highest BCUT2D eigenvalue weighted by Gasteiger charge is 2.26. The van der Waals surface area contributed by atoms with Crippen LogP contribution in [-0.2, 0) is 11.3 Å². The quantitative estimate of drug-likeness (QED) is 0.904. The standard InChI is InChI=1S/C14H23N3O3S/c1-10-11(21-12(18)15-10)9-16-5-7-17(8-6-16)13(19)20-14(2,3)4/h5-9H2,1-4H3,(H,15,18). The molecule has 2 heterocycles. The van der Waals surface area contributed by atoms with E-state index < -0.39 is 5.60 Å². The molecule has 0 bridgehead atoms. The van der Waals surface area contributed by atoms with Gasteiger partial charge in [0.2, 0.25) is 0 Å². The summed E-state index contributed by atoms with van der Waals surface area (Å²) in [7, 11) is 0. The summed E-state index contributed by atoms with van der Waals surface area (Å²) in [5.41, 5.74) is 0.488. The fourth-order valence-corrected chi connectivity index (χ4v) is 3.08. The van der Waals surface area contributed by atoms with E-state index >= 15 is 0 Å². The molecular formula is C14H23N3O3S. The summed E-state index contributed by atoms with van der Waals surface area (Å²) >= 11 is 1.26. The minimum atomic E-state index is -0.456. The molecule has 1 amide bonds. The molecule has 1 N–H and O–H groups in total. The van der Waals surface area contributed by atoms with E-state index in [1.54, 1.807) is 4.90 Å². The molecule has 6 nitrogen and oxygen atoms in total. The second-order valence-electron chi connectivity index (χ2n) is 6.31. The van der Waals surface area contributed by atoms with Gasteiger partial charge in [0.1, 0.15) is 5.60 Å². The molecule has 21 heavy (non-hydrogen) atoms. The number of carbonyl (C=O) groups excluding carboxylic acids is 1. The summed E-state index contributed by atoms with van der Waals surface area (Å²) in [4.78, 5) is 31.2. The van der Waals surface area contributed by atoms with Gasteiger partial charge in [-0.3, -0.25) is 9.69 Å². The van der Waals surface area contributed by atoms with E-state index in [9.17, 15) is 9.59 Å². The molecule has 2 rings (SSSR count). The van der Waals surface area contributed by atoms with Gasteiger partial charge >= 0.3 is 11.0 Å². The number of rotatable bonds is 2. The van der Waals surface area contributed by atoms with Gasteiger partial charge in [-0.1, -0.05) is 11.3 Å². The van der Waals surface area contributed by atoms with Crippen molar-refractivity contribution in [1.82, 2.24) is 14.8 Å². The molecule has 0 unspecified atom stereocenters. The van der Waals surface area contributed by atoms with Gasteiger partial charge < -0.3 is 14.6 Å². The molecule has 0 radical (unpaired) electrons. The Morgan fingerprint density at radius 1 is 1.29 bits per heavy atom. The molecule has 1 saturated heterocycles. The lowest BCUT2D eigenvalue weighted by atomic mass is 10.2. The number of aromatic nitrogens is 1. The summed E-state index contributed by atoms with van der Waals surface area (Å²) < 4.78 is 5.38. The molecule has 1 aliphatic heterocycles. The third kappa shape index (κ3) is 4.57. The zero-order chi connectivity index (χ0) is 15.6. The van der Waals surface area contributed by atoms with Crippen LogP contribution in [0.2, 0.25) is 0 Å². The van der Waals surface area contributed by atoms with Crippen LogP contribution in [-0.4, -0.2) is 52.7 Å². The molecule has 0 atom stereocenters. The number of amides is 1. The lowest BCUT2D eigenvalue weighted by molar-refractivity contribution is 0.0139. The molecule has 1 aliphatic rings. The summed E-state index contributed by atoms with van der Waals surface area (Å²) in [5, 5.41) is 0. The maximum atomic E-state index is 12.0. The third-order valence-corrected chi connectivity index (χ3v) is 4.28. The number of nitrogens with zero attached hydrogens (tertiary/aromatic N) is 2. The molecule has 7 heteroatoms. The van der Waals surface area contributed by atoms with Crippen LogP contribution < -0.4 is 4.87 Å². The molecule has 1 aromatic heterocycles. The third-order valence-electron chi connectivity index (χ3n) is 3.31. The van der Waals surface area contributed by atoms with Crippen molar-refractivity contribution < 1.29 is 9.53 Å². The maximum absolute atomic E-state index is 12.0. The Kier molecular flexibility index (Phi) is 4.73. The topological polar surface area (TPSA) is 65.6 Å². The van der Waals surface area contributed by atoms with Gasteiger partial charge in [-0.15, -0.1) is 0 Å². The molecule has 1 fully saturated rings. The Hall–Kier alpha value is -1.34. The smallest absolute Gasteiger partial charge is 0.410 e. The van der Waals surface area contributed by atoms with Crippen molar-refractivity contribution in [1.29, 1.82) is 0 Å². The second-order valence-corrected chi connectivity index (χ2v) is 7.37. The average Bonchev–Trinajstić information content (AvgIpc) is 2.66. The highest BCUT2D eigenvalue weighted by Crippen LogP contribution is 2.15. The van der Waals surface area contributed by atoms with Gasteiger partial charge in [0, 0.05) is 43.3 Å². The van der Waals surface area contributed by atoms with Gasteiger partial charge in [0.15, 0.2) is 0 Å². The first-order valence-corrected chi connectivity index (χ1v) is 7.95. The van der Waals surface area contributed by atoms with E-state index in [-0.39, 0.29) is 11.0 Å². The first-order valence-electron chi connectivity index (χ1n) is 7.13. The summed E-state index contributed by atoms with van der Waals surface area (Å²) in [5.74, 6) is 0. The molecule has 0 aliphatic carbocycles. The predicted octanol–water partition coefficient (Wildman–Crippen LogP) is 1.80. The van der Waals surface area contributed by atoms with Crippen LogP contribution in [0.25, 0.3) is 0 Å². The summed E-state index contributed by atoms with van der Waals surface area (Å²) in [6.07, 6.45) is -0.246. The number of piperazine rings is 1. The monoisotopic (exact) mass is 313 g/mol. The van der Waals surface area contributed by atoms with Gasteiger partial charge in [0.25, 0.3) is 0 Å². The Labute approximate surface area is 128 Å². The van der Waals surface area contributed by atoms with E-state index in [2.05, 4.69) is 9.88 Å². The lowest BCUT2D eigenvalue weighted by Crippen LogP contribution is -2.49. The van der Waals surface area contributed by atoms with E-state index in [4.69, 9.17) is 4.74 Å². The second kappa shape index (κ2) is 6.19. The zero-order valence-corrected chi connectivity index (χ0v) is 13.9. The first kappa shape index (κ1) is 16.0. The number of thiazole rings is 1. The summed E-state index contributed by atoms with van der Waals surface area (Å²) in [6.45, 7) is 11.2. The Balaban J connectivity index is 1.84. The van der Waals surface area contributed by atoms with Gasteiger partial charge in [0.05, 0.1) is 0 Å². The number of nitrogens with one attached hydrogen (secondary N) is 1. The molecule has 0 aromatic carbocycles. The zero-order valence-electron chi connectivity index (χ0n) is 13.1. The van der Waals surface area contributed by atoms with Crippen LogP contribution in [0.15, 0.2) is 4.79 Å². The van der Waals surface area contributed by atoms with E-state index in [1.807, 2.05) is 27.7 Å². The van der Waals surface area contributed by atoms with Crippen LogP contribution in [0.1, 0.15) is 31.3 Å². The van der Waals surface area contributed by atoms with E-state index in [1.165, 1.54) is 11.3 Å². The van der Waals surface area contributed by atoms with Crippen LogP contribution in [0.4, 0.5) is 4.79 Å². The maximum Gasteiger partial charge on any atom is 0.410 e. The molecule has 0 saturated carbocycles. The van der Waals surface area contributed by atoms with Gasteiger partial charge in [-0.25, -0.2) is 4.79 Å². The number of hydrogen-bond acceptors (Lipinski definition) is 5. The number of carbonyl (C=O) groups is 1. The fraction of sp³-hybridized carbons (Fsp3) is 0.714. The van der Waals surface area contributed by atoms with Gasteiger partial charge in [-0.05, 0) is 27.7 Å². The minimum absolute atomic E-state index is 0.00473. The largest absolute Gasteiger partial charge is 0.444 e. The van der Waals surface area contributed by atoms with Crippen molar-refractivity contribution in [3.8, 4) is 0 Å². The average molecular weight is 313 g/mol. The van der Waals surface area contributed by atoms with Crippen LogP contribution in [0.5, 0.6) is 0 Å². The number of H-pyrrole nitrogens is 1. The summed E-state index contributed by atoms with van der Waals surface area (Å²) in [6, 6.07) is 0. The molecule has 1 aromatic rings. The fourth-order valence-electron chi connectivity index (χ4n) is 2.21. The van der Waals surface area contributed by atoms with E-state index in [0.717, 1.165) is 30.2 Å². The van der Waals surface area contributed by atoms with Crippen LogP contribution >= 0.6 is 11.3 Å². The Morgan fingerprint density at radius 2 is 1.90 bits per heavy atom. The minimum Gasteiger partial charge on any atom is -0.444 e.